The Hall–Kier alpha value is -2.60. The summed E-state index contributed by atoms with van der Waals surface area (Å²) in [5.74, 6) is -0.990. The van der Waals surface area contributed by atoms with Crippen LogP contribution in [0.15, 0.2) is 61.1 Å². The lowest BCUT2D eigenvalue weighted by Crippen LogP contribution is -1.97. The number of allylic oxidation sites excluding steroid dienone is 4. The van der Waals surface area contributed by atoms with E-state index in [0.29, 0.717) is 6.61 Å². The molecule has 1 aliphatic rings. The van der Waals surface area contributed by atoms with E-state index in [-0.39, 0.29) is 5.69 Å². The van der Waals surface area contributed by atoms with Gasteiger partial charge in [-0.1, -0.05) is 18.2 Å². The molecule has 0 radical (unpaired) electrons. The van der Waals surface area contributed by atoms with E-state index in [2.05, 4.69) is 15.0 Å². The molecule has 22 heavy (non-hydrogen) atoms. The Balaban J connectivity index is 0.000000309. The minimum Gasteiger partial charge on any atom is -0.477 e. The molecular weight excluding hydrogens is 308 g/mol. The summed E-state index contributed by atoms with van der Waals surface area (Å²) < 4.78 is 4.17. The van der Waals surface area contributed by atoms with Crippen molar-refractivity contribution in [1.82, 2.24) is 10.3 Å². The quantitative estimate of drug-likeness (QED) is 0.811. The first-order valence-corrected chi connectivity index (χ1v) is 6.66. The minimum absolute atomic E-state index is 0.0810. The Bertz CT molecular complexity index is 514. The Morgan fingerprint density at radius 1 is 1.23 bits per heavy atom. The second-order valence-corrected chi connectivity index (χ2v) is 3.77. The summed E-state index contributed by atoms with van der Waals surface area (Å²) in [5, 5.41) is 11.2. The lowest BCUT2D eigenvalue weighted by molar-refractivity contribution is 0.0690. The van der Waals surface area contributed by atoms with Crippen molar-refractivity contribution in [3.8, 4) is 0 Å². The first-order valence-electron chi connectivity index (χ1n) is 6.29. The van der Waals surface area contributed by atoms with Crippen molar-refractivity contribution in [3.05, 3.63) is 66.8 Å². The van der Waals surface area contributed by atoms with Crippen LogP contribution in [0.2, 0.25) is 0 Å². The van der Waals surface area contributed by atoms with Crippen LogP contribution in [0.25, 0.3) is 0 Å². The Morgan fingerprint density at radius 3 is 2.18 bits per heavy atom. The number of carboxylic acid groups (broad SMARTS) is 1. The van der Waals surface area contributed by atoms with E-state index in [1.807, 2.05) is 36.7 Å². The Labute approximate surface area is 133 Å². The highest BCUT2D eigenvalue weighted by atomic mass is 35.5. The number of halogens is 1. The van der Waals surface area contributed by atoms with Crippen LogP contribution in [0.4, 0.5) is 4.79 Å². The molecule has 2 heterocycles. The van der Waals surface area contributed by atoms with Gasteiger partial charge in [0.1, 0.15) is 5.69 Å². The molecule has 0 aliphatic carbocycles. The smallest absolute Gasteiger partial charge is 0.403 e. The van der Waals surface area contributed by atoms with Crippen LogP contribution >= 0.6 is 11.6 Å². The fraction of sp³-hybridized carbons (Fsp3) is 0.133. The zero-order valence-corrected chi connectivity index (χ0v) is 12.7. The molecule has 0 bridgehead atoms. The zero-order chi connectivity index (χ0) is 16.6. The van der Waals surface area contributed by atoms with E-state index in [1.54, 1.807) is 19.1 Å². The van der Waals surface area contributed by atoms with Gasteiger partial charge in [0.2, 0.25) is 0 Å². The first-order chi connectivity index (χ1) is 10.6. The number of carboxylic acids is 1. The SMILES string of the molecule is C1=CC=CNC=C1.CCOC(=O)Cl.O=C(O)c1ccccn1. The third-order valence-electron chi connectivity index (χ3n) is 1.86. The number of hydrogen-bond donors (Lipinski definition) is 2. The van der Waals surface area contributed by atoms with Crippen molar-refractivity contribution < 1.29 is 19.4 Å². The molecule has 0 atom stereocenters. The summed E-state index contributed by atoms with van der Waals surface area (Å²) >= 11 is 4.72. The summed E-state index contributed by atoms with van der Waals surface area (Å²) in [6.07, 6.45) is 13.0. The van der Waals surface area contributed by atoms with Crippen molar-refractivity contribution in [2.24, 2.45) is 0 Å². The van der Waals surface area contributed by atoms with Gasteiger partial charge in [0.25, 0.3) is 0 Å². The van der Waals surface area contributed by atoms with Crippen LogP contribution in [0.1, 0.15) is 17.4 Å². The van der Waals surface area contributed by atoms with Gasteiger partial charge < -0.3 is 15.2 Å². The highest BCUT2D eigenvalue weighted by molar-refractivity contribution is 6.61. The highest BCUT2D eigenvalue weighted by Crippen LogP contribution is 1.90. The average molecular weight is 325 g/mol. The number of ether oxygens (including phenoxy) is 1. The maximum atomic E-state index is 10.1. The summed E-state index contributed by atoms with van der Waals surface area (Å²) in [7, 11) is 0. The number of nitrogens with zero attached hydrogens (tertiary/aromatic N) is 1. The average Bonchev–Trinajstić information content (AvgIpc) is 2.82. The maximum absolute atomic E-state index is 10.1. The van der Waals surface area contributed by atoms with Crippen LogP contribution in [0.5, 0.6) is 0 Å². The van der Waals surface area contributed by atoms with Crippen molar-refractivity contribution in [3.63, 3.8) is 0 Å². The number of carbonyl (C=O) groups is 2. The topological polar surface area (TPSA) is 88.5 Å². The molecule has 6 nitrogen and oxygen atoms in total. The molecule has 118 valence electrons. The van der Waals surface area contributed by atoms with E-state index in [1.165, 1.54) is 12.3 Å². The molecule has 1 aliphatic heterocycles. The molecule has 7 heteroatoms. The predicted octanol–water partition coefficient (Wildman–Crippen LogP) is 3.33. The highest BCUT2D eigenvalue weighted by Gasteiger charge is 1.98. The molecule has 1 aromatic rings. The Kier molecular flexibility index (Phi) is 11.8. The largest absolute Gasteiger partial charge is 0.477 e. The van der Waals surface area contributed by atoms with Gasteiger partial charge in [-0.15, -0.1) is 0 Å². The van der Waals surface area contributed by atoms with Crippen molar-refractivity contribution >= 4 is 23.0 Å². The molecule has 0 saturated carbocycles. The van der Waals surface area contributed by atoms with Crippen LogP contribution < -0.4 is 5.32 Å². The summed E-state index contributed by atoms with van der Waals surface area (Å²) in [6, 6.07) is 4.76. The summed E-state index contributed by atoms with van der Waals surface area (Å²) in [5.41, 5.74) is -0.657. The molecular formula is C15H17ClN2O4. The number of hydrogen-bond acceptors (Lipinski definition) is 5. The second kappa shape index (κ2) is 13.4. The van der Waals surface area contributed by atoms with Gasteiger partial charge in [0.05, 0.1) is 6.61 Å². The molecule has 0 saturated heterocycles. The van der Waals surface area contributed by atoms with E-state index in [0.717, 1.165) is 0 Å². The summed E-state index contributed by atoms with van der Waals surface area (Å²) in [4.78, 5) is 23.3. The van der Waals surface area contributed by atoms with Gasteiger partial charge in [-0.25, -0.2) is 14.6 Å². The van der Waals surface area contributed by atoms with Gasteiger partial charge >= 0.3 is 11.4 Å². The van der Waals surface area contributed by atoms with Crippen molar-refractivity contribution in [2.45, 2.75) is 6.92 Å². The van der Waals surface area contributed by atoms with Gasteiger partial charge in [-0.05, 0) is 31.2 Å². The van der Waals surface area contributed by atoms with E-state index in [9.17, 15) is 9.59 Å². The fourth-order valence-electron chi connectivity index (χ4n) is 1.01. The number of aromatic carboxylic acids is 1. The number of pyridine rings is 1. The molecule has 0 aromatic carbocycles. The number of carbonyl (C=O) groups excluding carboxylic acids is 1. The number of rotatable bonds is 2. The van der Waals surface area contributed by atoms with E-state index >= 15 is 0 Å². The van der Waals surface area contributed by atoms with E-state index < -0.39 is 11.4 Å². The monoisotopic (exact) mass is 324 g/mol. The lowest BCUT2D eigenvalue weighted by Gasteiger charge is -1.87. The standard InChI is InChI=1S/C6H5NO2.C6H7N.C3H5ClO2/c8-6(9)5-3-1-2-4-7-5;1-2-4-6-7-5-3-1;1-2-6-3(4)5/h1-4H,(H,8,9);1-7H;2H2,1H3. The third-order valence-corrected chi connectivity index (χ3v) is 1.97. The Morgan fingerprint density at radius 2 is 1.86 bits per heavy atom. The minimum atomic E-state index is -0.990. The van der Waals surface area contributed by atoms with E-state index in [4.69, 9.17) is 16.7 Å². The molecule has 2 N–H and O–H groups in total. The lowest BCUT2D eigenvalue weighted by atomic mass is 10.4. The molecule has 0 unspecified atom stereocenters. The molecule has 2 rings (SSSR count). The van der Waals surface area contributed by atoms with Crippen molar-refractivity contribution in [2.75, 3.05) is 6.61 Å². The van der Waals surface area contributed by atoms with Gasteiger partial charge in [-0.3, -0.25) is 0 Å². The van der Waals surface area contributed by atoms with Crippen LogP contribution in [-0.2, 0) is 4.74 Å². The molecule has 0 amide bonds. The molecule has 0 fully saturated rings. The molecule has 0 spiro atoms. The van der Waals surface area contributed by atoms with Crippen LogP contribution in [0.3, 0.4) is 0 Å². The number of aromatic nitrogens is 1. The van der Waals surface area contributed by atoms with Gasteiger partial charge in [0, 0.05) is 30.2 Å². The van der Waals surface area contributed by atoms with Crippen LogP contribution in [0, 0.1) is 0 Å². The first kappa shape index (κ1) is 19.4. The normalized spacial score (nSPS) is 10.8. The maximum Gasteiger partial charge on any atom is 0.403 e. The third kappa shape index (κ3) is 12.4. The number of nitrogens with one attached hydrogen (secondary N) is 1. The zero-order valence-electron chi connectivity index (χ0n) is 12.0. The fourth-order valence-corrected chi connectivity index (χ4v) is 1.12. The van der Waals surface area contributed by atoms with Gasteiger partial charge in [0.15, 0.2) is 0 Å². The van der Waals surface area contributed by atoms with Crippen LogP contribution in [-0.4, -0.2) is 28.1 Å². The summed E-state index contributed by atoms with van der Waals surface area (Å²) in [6.45, 7) is 2.04. The second-order valence-electron chi connectivity index (χ2n) is 3.46. The molecule has 1 aromatic heterocycles. The predicted molar refractivity (Wildman–Crippen MR) is 84.6 cm³/mol. The van der Waals surface area contributed by atoms with Crippen molar-refractivity contribution in [1.29, 1.82) is 0 Å². The van der Waals surface area contributed by atoms with Gasteiger partial charge in [-0.2, -0.15) is 0 Å².